The maximum Gasteiger partial charge on any atom is 0.416 e. The first-order valence-electron chi connectivity index (χ1n) is 15.0. The Labute approximate surface area is 266 Å². The summed E-state index contributed by atoms with van der Waals surface area (Å²) in [7, 11) is 3.54. The van der Waals surface area contributed by atoms with Crippen molar-refractivity contribution < 1.29 is 31.9 Å². The molecule has 0 aromatic heterocycles. The van der Waals surface area contributed by atoms with E-state index >= 15 is 0 Å². The summed E-state index contributed by atoms with van der Waals surface area (Å²) in [6.45, 7) is 1.87. The quantitative estimate of drug-likeness (QED) is 0.114. The van der Waals surface area contributed by atoms with Crippen molar-refractivity contribution in [1.29, 1.82) is 0 Å². The summed E-state index contributed by atoms with van der Waals surface area (Å²) < 4.78 is 59.4. The zero-order valence-electron chi connectivity index (χ0n) is 25.8. The van der Waals surface area contributed by atoms with Gasteiger partial charge in [0.1, 0.15) is 11.9 Å². The molecule has 11 heteroatoms. The Bertz CT molecular complexity index is 1550. The van der Waals surface area contributed by atoms with E-state index in [1.165, 1.54) is 11.6 Å². The van der Waals surface area contributed by atoms with Crippen LogP contribution in [0.1, 0.15) is 48.4 Å². The maximum absolute atomic E-state index is 14.7. The summed E-state index contributed by atoms with van der Waals surface area (Å²) in [4.78, 5) is 28.0. The molecule has 1 atom stereocenters. The number of rotatable bonds is 11. The molecule has 0 spiro atoms. The predicted molar refractivity (Wildman–Crippen MR) is 173 cm³/mol. The lowest BCUT2D eigenvalue weighted by atomic mass is 10.0. The second-order valence-electron chi connectivity index (χ2n) is 11.0. The van der Waals surface area contributed by atoms with Gasteiger partial charge < -0.3 is 20.7 Å². The van der Waals surface area contributed by atoms with Crippen LogP contribution in [0.3, 0.4) is 0 Å². The van der Waals surface area contributed by atoms with E-state index in [0.29, 0.717) is 49.1 Å². The number of halogens is 4. The molecule has 0 aliphatic carbocycles. The second-order valence-corrected chi connectivity index (χ2v) is 11.0. The highest BCUT2D eigenvalue weighted by Crippen LogP contribution is 2.32. The largest absolute Gasteiger partial charge is 0.416 e. The number of carbonyl (C=O) groups is 2. The van der Waals surface area contributed by atoms with Crippen LogP contribution < -0.4 is 16.0 Å². The number of nitrogens with one attached hydrogen (secondary N) is 3. The van der Waals surface area contributed by atoms with Crippen molar-refractivity contribution >= 4 is 35.0 Å². The van der Waals surface area contributed by atoms with Crippen LogP contribution in [-0.4, -0.2) is 50.6 Å². The van der Waals surface area contributed by atoms with Crippen molar-refractivity contribution in [3.63, 3.8) is 0 Å². The fraction of sp³-hybridized carbons (Fsp3) is 0.314. The highest BCUT2D eigenvalue weighted by atomic mass is 19.4. The number of nitrogens with zero attached hydrogens (tertiary/aromatic N) is 1. The monoisotopic (exact) mass is 638 g/mol. The Morgan fingerprint density at radius 3 is 2.41 bits per heavy atom. The normalized spacial score (nSPS) is 15.8. The van der Waals surface area contributed by atoms with Crippen LogP contribution >= 0.6 is 0 Å². The molecule has 0 radical (unpaired) electrons. The van der Waals surface area contributed by atoms with Crippen LogP contribution in [0.5, 0.6) is 0 Å². The summed E-state index contributed by atoms with van der Waals surface area (Å²) in [5.74, 6) is -2.09. The number of ether oxygens (including phenoxy) is 1. The Morgan fingerprint density at radius 1 is 0.978 bits per heavy atom. The number of likely N-dealkylation sites (N-methyl/N-ethyl adjacent to an activating group) is 1. The highest BCUT2D eigenvalue weighted by Gasteiger charge is 2.32. The molecule has 1 aliphatic heterocycles. The van der Waals surface area contributed by atoms with E-state index in [9.17, 15) is 27.2 Å². The first-order valence-corrected chi connectivity index (χ1v) is 15.0. The fourth-order valence-electron chi connectivity index (χ4n) is 5.17. The van der Waals surface area contributed by atoms with E-state index in [0.717, 1.165) is 37.1 Å². The Kier molecular flexibility index (Phi) is 12.1. The van der Waals surface area contributed by atoms with Gasteiger partial charge in [0.15, 0.2) is 0 Å². The first-order chi connectivity index (χ1) is 22.0. The van der Waals surface area contributed by atoms with Crippen molar-refractivity contribution in [3.05, 3.63) is 107 Å². The minimum atomic E-state index is -4.71. The third-order valence-electron chi connectivity index (χ3n) is 7.64. The zero-order valence-corrected chi connectivity index (χ0v) is 25.8. The lowest BCUT2D eigenvalue weighted by Gasteiger charge is -2.28. The molecule has 0 fully saturated rings. The molecule has 3 aromatic carbocycles. The van der Waals surface area contributed by atoms with Crippen LogP contribution in [0.2, 0.25) is 0 Å². The summed E-state index contributed by atoms with van der Waals surface area (Å²) in [6.07, 6.45) is 3.80. The van der Waals surface area contributed by atoms with Crippen LogP contribution in [0.15, 0.2) is 84.5 Å². The molecule has 3 N–H and O–H groups in total. The number of anilines is 3. The molecule has 4 rings (SSSR count). The van der Waals surface area contributed by atoms with Gasteiger partial charge in [-0.05, 0) is 80.3 Å². The van der Waals surface area contributed by atoms with Crippen molar-refractivity contribution in [2.45, 2.75) is 37.9 Å². The molecule has 0 saturated heterocycles. The number of amides is 2. The predicted octanol–water partition coefficient (Wildman–Crippen LogP) is 7.67. The first kappa shape index (κ1) is 34.4. The van der Waals surface area contributed by atoms with Gasteiger partial charge in [-0.15, -0.1) is 0 Å². The van der Waals surface area contributed by atoms with Gasteiger partial charge in [-0.2, -0.15) is 13.2 Å². The van der Waals surface area contributed by atoms with Crippen molar-refractivity contribution in [2.24, 2.45) is 0 Å². The van der Waals surface area contributed by atoms with Gasteiger partial charge >= 0.3 is 6.18 Å². The average Bonchev–Trinajstić information content (AvgIpc) is 3.01. The van der Waals surface area contributed by atoms with E-state index in [1.807, 2.05) is 23.1 Å². The molecule has 1 unspecified atom stereocenters. The topological polar surface area (TPSA) is 82.7 Å². The smallest absolute Gasteiger partial charge is 0.386 e. The van der Waals surface area contributed by atoms with Crippen molar-refractivity contribution in [3.8, 4) is 0 Å². The second kappa shape index (κ2) is 16.2. The number of para-hydroxylation sites is 2. The number of carbonyl (C=O) groups excluding carboxylic acids is 2. The van der Waals surface area contributed by atoms with E-state index in [1.54, 1.807) is 50.5 Å². The van der Waals surface area contributed by atoms with Crippen LogP contribution in [-0.2, 0) is 20.5 Å². The molecule has 3 aromatic rings. The molecular weight excluding hydrogens is 600 g/mol. The summed E-state index contributed by atoms with van der Waals surface area (Å²) >= 11 is 0. The summed E-state index contributed by atoms with van der Waals surface area (Å²) in [5, 5.41) is 8.33. The Morgan fingerprint density at radius 2 is 1.72 bits per heavy atom. The molecule has 1 heterocycles. The third kappa shape index (κ3) is 9.76. The van der Waals surface area contributed by atoms with Gasteiger partial charge in [-0.1, -0.05) is 48.0 Å². The van der Waals surface area contributed by atoms with E-state index < -0.39 is 29.5 Å². The molecule has 2 amide bonds. The maximum atomic E-state index is 14.7. The van der Waals surface area contributed by atoms with E-state index in [4.69, 9.17) is 4.74 Å². The number of benzene rings is 3. The van der Waals surface area contributed by atoms with Gasteiger partial charge in [-0.25, -0.2) is 4.39 Å². The number of hydrogen-bond donors (Lipinski definition) is 3. The number of alkyl halides is 3. The van der Waals surface area contributed by atoms with Gasteiger partial charge in [0.05, 0.1) is 29.2 Å². The van der Waals surface area contributed by atoms with Gasteiger partial charge in [-0.3, -0.25) is 14.5 Å². The molecule has 1 aliphatic rings. The summed E-state index contributed by atoms with van der Waals surface area (Å²) in [5.41, 5.74) is 2.50. The SMILES string of the molecule is CNc1ccccc1NC(=O)/C=C/c1ccc(C(C(=O)Nc2ccc(C(F)(F)F)cc2F)N(C)CC/C2=C\CCOCCC2)cc1. The third-order valence-corrected chi connectivity index (χ3v) is 7.64. The van der Waals surface area contributed by atoms with Crippen molar-refractivity contribution in [2.75, 3.05) is 49.8 Å². The molecule has 0 saturated carbocycles. The fourth-order valence-corrected chi connectivity index (χ4v) is 5.17. The Balaban J connectivity index is 1.51. The van der Waals surface area contributed by atoms with Gasteiger partial charge in [0.25, 0.3) is 0 Å². The van der Waals surface area contributed by atoms with Crippen LogP contribution in [0.25, 0.3) is 6.08 Å². The van der Waals surface area contributed by atoms with Crippen molar-refractivity contribution in [1.82, 2.24) is 4.90 Å². The molecule has 7 nitrogen and oxygen atoms in total. The lowest BCUT2D eigenvalue weighted by Crippen LogP contribution is -2.35. The number of hydrogen-bond acceptors (Lipinski definition) is 5. The average molecular weight is 639 g/mol. The molecule has 46 heavy (non-hydrogen) atoms. The van der Waals surface area contributed by atoms with Crippen LogP contribution in [0, 0.1) is 5.82 Å². The highest BCUT2D eigenvalue weighted by molar-refractivity contribution is 6.03. The zero-order chi connectivity index (χ0) is 33.1. The van der Waals surface area contributed by atoms with E-state index in [2.05, 4.69) is 22.0 Å². The standard InChI is InChI=1S/C35H38F4N4O3/c1-40-30-9-3-4-10-31(30)41-32(44)18-13-25-11-14-26(15-12-25)33(43(2)20-19-24-7-5-21-46-22-6-8-24)34(45)42-29-17-16-27(23-28(29)36)35(37,38)39/h3-4,7,9-18,23,33,40H,5-6,8,19-22H2,1-2H3,(H,41,44)(H,42,45)/b18-13+,24-7-. The minimum Gasteiger partial charge on any atom is -0.386 e. The summed E-state index contributed by atoms with van der Waals surface area (Å²) in [6, 6.07) is 15.4. The Hall–Kier alpha value is -4.48. The molecule has 244 valence electrons. The van der Waals surface area contributed by atoms with Gasteiger partial charge in [0, 0.05) is 26.3 Å². The lowest BCUT2D eigenvalue weighted by molar-refractivity contribution is -0.137. The van der Waals surface area contributed by atoms with Crippen LogP contribution in [0.4, 0.5) is 34.6 Å². The molecule has 0 bridgehead atoms. The molecular formula is C35H38F4N4O3. The van der Waals surface area contributed by atoms with Gasteiger partial charge in [0.2, 0.25) is 11.8 Å². The minimum absolute atomic E-state index is 0.322. The van der Waals surface area contributed by atoms with E-state index in [-0.39, 0.29) is 11.6 Å².